The Bertz CT molecular complexity index is 864. The van der Waals surface area contributed by atoms with Gasteiger partial charge in [-0.1, -0.05) is 36.4 Å². The molecule has 0 saturated carbocycles. The van der Waals surface area contributed by atoms with Crippen molar-refractivity contribution in [2.75, 3.05) is 7.11 Å². The van der Waals surface area contributed by atoms with Crippen molar-refractivity contribution in [1.82, 2.24) is 5.32 Å². The Balaban J connectivity index is 1.58. The van der Waals surface area contributed by atoms with Gasteiger partial charge in [-0.3, -0.25) is 9.59 Å². The van der Waals surface area contributed by atoms with Gasteiger partial charge in [0.05, 0.1) is 18.9 Å². The fraction of sp³-hybridized carbons (Fsp3) is 0.364. The molecule has 5 nitrogen and oxygen atoms in total. The average molecular weight is 365 g/mol. The van der Waals surface area contributed by atoms with Crippen LogP contribution in [0.15, 0.2) is 48.5 Å². The van der Waals surface area contributed by atoms with Crippen molar-refractivity contribution < 1.29 is 19.1 Å². The summed E-state index contributed by atoms with van der Waals surface area (Å²) in [5.41, 5.74) is 2.64. The predicted molar refractivity (Wildman–Crippen MR) is 100 cm³/mol. The number of amides is 1. The highest BCUT2D eigenvalue weighted by Crippen LogP contribution is 2.49. The van der Waals surface area contributed by atoms with Crippen LogP contribution in [0.25, 0.3) is 0 Å². The van der Waals surface area contributed by atoms with Gasteiger partial charge in [0, 0.05) is 13.0 Å². The van der Waals surface area contributed by atoms with Crippen molar-refractivity contribution in [3.63, 3.8) is 0 Å². The highest BCUT2D eigenvalue weighted by Gasteiger charge is 2.53. The Morgan fingerprint density at radius 3 is 2.85 bits per heavy atom. The SMILES string of the molecule is COc1ccc2c(c1)CCC1OC(=O)CC21CC(=O)NCc1ccccc1. The molecule has 0 bridgehead atoms. The molecule has 2 aromatic carbocycles. The molecule has 1 heterocycles. The van der Waals surface area contributed by atoms with Crippen LogP contribution < -0.4 is 10.1 Å². The second-order valence-corrected chi connectivity index (χ2v) is 7.31. The van der Waals surface area contributed by atoms with Gasteiger partial charge in [-0.15, -0.1) is 0 Å². The lowest BCUT2D eigenvalue weighted by molar-refractivity contribution is -0.142. The molecule has 2 unspecified atom stereocenters. The maximum Gasteiger partial charge on any atom is 0.307 e. The van der Waals surface area contributed by atoms with Crippen molar-refractivity contribution >= 4 is 11.9 Å². The Hall–Kier alpha value is -2.82. The zero-order valence-corrected chi connectivity index (χ0v) is 15.4. The number of benzene rings is 2. The molecule has 27 heavy (non-hydrogen) atoms. The summed E-state index contributed by atoms with van der Waals surface area (Å²) in [5.74, 6) is 0.506. The lowest BCUT2D eigenvalue weighted by atomic mass is 9.65. The van der Waals surface area contributed by atoms with E-state index in [1.54, 1.807) is 7.11 Å². The third-order valence-electron chi connectivity index (χ3n) is 5.68. The zero-order chi connectivity index (χ0) is 18.9. The topological polar surface area (TPSA) is 64.6 Å². The summed E-state index contributed by atoms with van der Waals surface area (Å²) >= 11 is 0. The van der Waals surface area contributed by atoms with E-state index in [9.17, 15) is 9.59 Å². The van der Waals surface area contributed by atoms with Crippen LogP contribution in [0.2, 0.25) is 0 Å². The number of hydrogen-bond donors (Lipinski definition) is 1. The van der Waals surface area contributed by atoms with Crippen LogP contribution in [0, 0.1) is 0 Å². The van der Waals surface area contributed by atoms with E-state index in [-0.39, 0.29) is 30.8 Å². The van der Waals surface area contributed by atoms with Crippen LogP contribution in [-0.2, 0) is 32.7 Å². The minimum Gasteiger partial charge on any atom is -0.497 e. The maximum atomic E-state index is 12.8. The van der Waals surface area contributed by atoms with Crippen LogP contribution in [-0.4, -0.2) is 25.1 Å². The first-order chi connectivity index (χ1) is 13.1. The average Bonchev–Trinajstić information content (AvgIpc) is 3.02. The Morgan fingerprint density at radius 2 is 2.07 bits per heavy atom. The molecule has 140 valence electrons. The highest BCUT2D eigenvalue weighted by atomic mass is 16.6. The summed E-state index contributed by atoms with van der Waals surface area (Å²) < 4.78 is 10.9. The highest BCUT2D eigenvalue weighted by molar-refractivity contribution is 5.82. The van der Waals surface area contributed by atoms with E-state index < -0.39 is 5.41 Å². The predicted octanol–water partition coefficient (Wildman–Crippen LogP) is 2.90. The number of fused-ring (bicyclic) bond motifs is 3. The minimum absolute atomic E-state index is 0.0641. The largest absolute Gasteiger partial charge is 0.497 e. The molecule has 2 atom stereocenters. The van der Waals surface area contributed by atoms with Crippen molar-refractivity contribution in [3.8, 4) is 5.75 Å². The number of methoxy groups -OCH3 is 1. The normalized spacial score (nSPS) is 23.1. The van der Waals surface area contributed by atoms with Gasteiger partial charge in [0.15, 0.2) is 0 Å². The molecule has 1 fully saturated rings. The number of rotatable bonds is 5. The van der Waals surface area contributed by atoms with Gasteiger partial charge < -0.3 is 14.8 Å². The molecule has 1 amide bonds. The molecular formula is C22H23NO4. The number of carbonyl (C=O) groups is 2. The number of esters is 1. The summed E-state index contributed by atoms with van der Waals surface area (Å²) in [5, 5.41) is 2.99. The first kappa shape index (κ1) is 17.6. The van der Waals surface area contributed by atoms with E-state index in [4.69, 9.17) is 9.47 Å². The summed E-state index contributed by atoms with van der Waals surface area (Å²) in [6.45, 7) is 0.477. The van der Waals surface area contributed by atoms with E-state index in [1.807, 2.05) is 48.5 Å². The fourth-order valence-electron chi connectivity index (χ4n) is 4.38. The lowest BCUT2D eigenvalue weighted by Gasteiger charge is -2.38. The first-order valence-electron chi connectivity index (χ1n) is 9.28. The molecule has 2 aliphatic rings. The lowest BCUT2D eigenvalue weighted by Crippen LogP contribution is -2.44. The maximum absolute atomic E-state index is 12.8. The van der Waals surface area contributed by atoms with E-state index >= 15 is 0 Å². The van der Waals surface area contributed by atoms with Gasteiger partial charge in [-0.05, 0) is 41.7 Å². The standard InChI is InChI=1S/C22H23NO4/c1-26-17-8-9-18-16(11-17)7-10-19-22(18,13-21(25)27-19)12-20(24)23-14-15-5-3-2-4-6-15/h2-6,8-9,11,19H,7,10,12-14H2,1H3,(H,23,24). The molecule has 4 rings (SSSR count). The van der Waals surface area contributed by atoms with Crippen LogP contribution in [0.3, 0.4) is 0 Å². The van der Waals surface area contributed by atoms with E-state index in [0.717, 1.165) is 35.3 Å². The summed E-state index contributed by atoms with van der Waals surface area (Å²) in [6, 6.07) is 15.7. The molecule has 1 N–H and O–H groups in total. The smallest absolute Gasteiger partial charge is 0.307 e. The molecular weight excluding hydrogens is 342 g/mol. The van der Waals surface area contributed by atoms with Gasteiger partial charge in [0.2, 0.25) is 5.91 Å². The zero-order valence-electron chi connectivity index (χ0n) is 15.4. The Kier molecular flexibility index (Phi) is 4.60. The van der Waals surface area contributed by atoms with Gasteiger partial charge in [0.25, 0.3) is 0 Å². The summed E-state index contributed by atoms with van der Waals surface area (Å²) in [4.78, 5) is 24.9. The van der Waals surface area contributed by atoms with E-state index in [1.165, 1.54) is 0 Å². The summed E-state index contributed by atoms with van der Waals surface area (Å²) in [7, 11) is 1.64. The quantitative estimate of drug-likeness (QED) is 0.828. The number of aryl methyl sites for hydroxylation is 1. The van der Waals surface area contributed by atoms with Crippen molar-refractivity contribution in [1.29, 1.82) is 0 Å². The van der Waals surface area contributed by atoms with Gasteiger partial charge in [0.1, 0.15) is 11.9 Å². The second kappa shape index (κ2) is 7.06. The number of ether oxygens (including phenoxy) is 2. The number of hydrogen-bond acceptors (Lipinski definition) is 4. The molecule has 1 aliphatic heterocycles. The van der Waals surface area contributed by atoms with Gasteiger partial charge in [-0.2, -0.15) is 0 Å². The Morgan fingerprint density at radius 1 is 1.26 bits per heavy atom. The number of nitrogens with one attached hydrogen (secondary N) is 1. The van der Waals surface area contributed by atoms with Crippen LogP contribution in [0.5, 0.6) is 5.75 Å². The van der Waals surface area contributed by atoms with Crippen molar-refractivity contribution in [2.45, 2.75) is 43.7 Å². The van der Waals surface area contributed by atoms with Crippen molar-refractivity contribution in [2.24, 2.45) is 0 Å². The van der Waals surface area contributed by atoms with E-state index in [2.05, 4.69) is 5.32 Å². The minimum atomic E-state index is -0.586. The molecule has 1 saturated heterocycles. The third kappa shape index (κ3) is 3.29. The van der Waals surface area contributed by atoms with Crippen LogP contribution in [0.4, 0.5) is 0 Å². The monoisotopic (exact) mass is 365 g/mol. The summed E-state index contributed by atoms with van der Waals surface area (Å²) in [6.07, 6.45) is 1.80. The molecule has 0 aromatic heterocycles. The molecule has 0 spiro atoms. The third-order valence-corrected chi connectivity index (χ3v) is 5.68. The first-order valence-corrected chi connectivity index (χ1v) is 9.28. The second-order valence-electron chi connectivity index (χ2n) is 7.31. The van der Waals surface area contributed by atoms with Crippen molar-refractivity contribution in [3.05, 3.63) is 65.2 Å². The molecule has 1 aliphatic carbocycles. The van der Waals surface area contributed by atoms with Gasteiger partial charge >= 0.3 is 5.97 Å². The van der Waals surface area contributed by atoms with E-state index in [0.29, 0.717) is 6.54 Å². The van der Waals surface area contributed by atoms with Crippen LogP contribution >= 0.6 is 0 Å². The molecule has 0 radical (unpaired) electrons. The molecule has 5 heteroatoms. The molecule has 2 aromatic rings. The van der Waals surface area contributed by atoms with Crippen LogP contribution in [0.1, 0.15) is 36.0 Å². The fourth-order valence-corrected chi connectivity index (χ4v) is 4.38. The van der Waals surface area contributed by atoms with Gasteiger partial charge in [-0.25, -0.2) is 0 Å². The number of carbonyl (C=O) groups excluding carboxylic acids is 2. The Labute approximate surface area is 158 Å².